The van der Waals surface area contributed by atoms with Crippen LogP contribution in [0.5, 0.6) is 0 Å². The molecule has 2 atom stereocenters. The molecule has 0 spiro atoms. The number of fused-ring (bicyclic) bond motifs is 3. The Kier molecular flexibility index (Phi) is 4.62. The lowest BCUT2D eigenvalue weighted by atomic mass is 9.96. The molecule has 0 aromatic rings. The second kappa shape index (κ2) is 5.99. The number of nitrogens with zero attached hydrogens (tertiary/aromatic N) is 2. The van der Waals surface area contributed by atoms with E-state index in [0.29, 0.717) is 12.1 Å². The van der Waals surface area contributed by atoms with E-state index in [0.717, 1.165) is 0 Å². The number of unbranched alkanes of at least 4 members (excludes halogenated alkanes) is 3. The van der Waals surface area contributed by atoms with Gasteiger partial charge in [0.25, 0.3) is 0 Å². The van der Waals surface area contributed by atoms with Crippen LogP contribution in [0.3, 0.4) is 0 Å². The molecule has 0 aromatic carbocycles. The minimum Gasteiger partial charge on any atom is -0.326 e. The van der Waals surface area contributed by atoms with E-state index in [9.17, 15) is 0 Å². The Balaban J connectivity index is 1.70. The second-order valence-corrected chi connectivity index (χ2v) is 5.42. The Morgan fingerprint density at radius 2 is 1.88 bits per heavy atom. The van der Waals surface area contributed by atoms with Crippen LogP contribution in [0.25, 0.3) is 0 Å². The maximum Gasteiger partial charge on any atom is 0.0375 e. The van der Waals surface area contributed by atoms with E-state index in [-0.39, 0.29) is 0 Å². The lowest BCUT2D eigenvalue weighted by Crippen LogP contribution is -2.65. The topological polar surface area (TPSA) is 32.5 Å². The van der Waals surface area contributed by atoms with Gasteiger partial charge in [0.2, 0.25) is 0 Å². The van der Waals surface area contributed by atoms with E-state index in [4.69, 9.17) is 5.73 Å². The zero-order valence-corrected chi connectivity index (χ0v) is 10.7. The van der Waals surface area contributed by atoms with E-state index < -0.39 is 0 Å². The molecule has 94 valence electrons. The predicted octanol–water partition coefficient (Wildman–Crippen LogP) is 1.28. The summed E-state index contributed by atoms with van der Waals surface area (Å²) in [7, 11) is 0. The maximum atomic E-state index is 6.35. The summed E-state index contributed by atoms with van der Waals surface area (Å²) in [4.78, 5) is 5.20. The lowest BCUT2D eigenvalue weighted by molar-refractivity contribution is 0.00112. The molecule has 3 aliphatic heterocycles. The first-order valence-corrected chi connectivity index (χ1v) is 7.03. The van der Waals surface area contributed by atoms with Crippen LogP contribution < -0.4 is 5.73 Å². The zero-order valence-electron chi connectivity index (χ0n) is 10.7. The standard InChI is InChI=1S/C13H27N3/c1-2-3-4-5-6-12(14)13-11-15-7-9-16(13)10-8-15/h12-13H,2-11,14H2,1H3. The molecule has 2 bridgehead atoms. The quantitative estimate of drug-likeness (QED) is 0.691. The summed E-state index contributed by atoms with van der Waals surface area (Å²) in [5.74, 6) is 0. The van der Waals surface area contributed by atoms with Crippen molar-refractivity contribution >= 4 is 0 Å². The minimum atomic E-state index is 0.403. The molecule has 0 aromatic heterocycles. The van der Waals surface area contributed by atoms with Gasteiger partial charge in [-0.05, 0) is 6.42 Å². The largest absolute Gasteiger partial charge is 0.326 e. The third-order valence-electron chi connectivity index (χ3n) is 4.21. The molecule has 0 saturated carbocycles. The summed E-state index contributed by atoms with van der Waals surface area (Å²) in [6.07, 6.45) is 6.58. The number of piperazine rings is 3. The smallest absolute Gasteiger partial charge is 0.0375 e. The monoisotopic (exact) mass is 225 g/mol. The fourth-order valence-corrected chi connectivity index (χ4v) is 3.06. The average molecular weight is 225 g/mol. The minimum absolute atomic E-state index is 0.403. The second-order valence-electron chi connectivity index (χ2n) is 5.42. The summed E-state index contributed by atoms with van der Waals surface area (Å²) >= 11 is 0. The predicted molar refractivity (Wildman–Crippen MR) is 68.5 cm³/mol. The molecular weight excluding hydrogens is 198 g/mol. The van der Waals surface area contributed by atoms with Crippen molar-refractivity contribution < 1.29 is 0 Å². The van der Waals surface area contributed by atoms with Crippen molar-refractivity contribution in [2.45, 2.75) is 51.1 Å². The highest BCUT2D eigenvalue weighted by Gasteiger charge is 2.34. The van der Waals surface area contributed by atoms with E-state index in [2.05, 4.69) is 16.7 Å². The van der Waals surface area contributed by atoms with Crippen molar-refractivity contribution in [2.24, 2.45) is 5.73 Å². The van der Waals surface area contributed by atoms with Gasteiger partial charge < -0.3 is 5.73 Å². The number of nitrogens with two attached hydrogens (primary N) is 1. The third-order valence-corrected chi connectivity index (χ3v) is 4.21. The average Bonchev–Trinajstić information content (AvgIpc) is 2.36. The van der Waals surface area contributed by atoms with E-state index in [1.807, 2.05) is 0 Å². The molecule has 0 aliphatic carbocycles. The summed E-state index contributed by atoms with van der Waals surface area (Å²) in [6, 6.07) is 1.05. The van der Waals surface area contributed by atoms with Gasteiger partial charge in [-0.25, -0.2) is 0 Å². The Morgan fingerprint density at radius 3 is 2.44 bits per heavy atom. The maximum absolute atomic E-state index is 6.35. The SMILES string of the molecule is CCCCCCC(N)C1CN2CCN1CC2. The Labute approximate surface area is 100.0 Å². The summed E-state index contributed by atoms with van der Waals surface area (Å²) in [6.45, 7) is 8.49. The van der Waals surface area contributed by atoms with Gasteiger partial charge in [0.15, 0.2) is 0 Å². The third kappa shape index (κ3) is 2.96. The van der Waals surface area contributed by atoms with Crippen LogP contribution in [0.1, 0.15) is 39.0 Å². The number of hydrogen-bond donors (Lipinski definition) is 1. The normalized spacial score (nSPS) is 35.2. The number of hydrogen-bond acceptors (Lipinski definition) is 3. The van der Waals surface area contributed by atoms with Crippen molar-refractivity contribution in [2.75, 3.05) is 32.7 Å². The zero-order chi connectivity index (χ0) is 11.4. The fourth-order valence-electron chi connectivity index (χ4n) is 3.06. The summed E-state index contributed by atoms with van der Waals surface area (Å²) < 4.78 is 0. The van der Waals surface area contributed by atoms with Crippen molar-refractivity contribution in [1.29, 1.82) is 0 Å². The van der Waals surface area contributed by atoms with Gasteiger partial charge in [-0.15, -0.1) is 0 Å². The molecule has 2 unspecified atom stereocenters. The Hall–Kier alpha value is -0.120. The fraction of sp³-hybridized carbons (Fsp3) is 1.00. The highest BCUT2D eigenvalue weighted by atomic mass is 15.3. The van der Waals surface area contributed by atoms with Crippen LogP contribution in [0.15, 0.2) is 0 Å². The number of rotatable bonds is 6. The molecule has 0 radical (unpaired) electrons. The molecule has 3 heterocycles. The van der Waals surface area contributed by atoms with Gasteiger partial charge in [0.1, 0.15) is 0 Å². The molecule has 3 fully saturated rings. The van der Waals surface area contributed by atoms with Gasteiger partial charge in [0, 0.05) is 44.8 Å². The first-order valence-electron chi connectivity index (χ1n) is 7.03. The highest BCUT2D eigenvalue weighted by Crippen LogP contribution is 2.19. The molecule has 3 aliphatic rings. The molecule has 16 heavy (non-hydrogen) atoms. The van der Waals surface area contributed by atoms with E-state index in [1.165, 1.54) is 64.8 Å². The lowest BCUT2D eigenvalue weighted by Gasteiger charge is -2.49. The molecule has 3 heteroatoms. The first-order chi connectivity index (χ1) is 7.81. The molecule has 3 saturated heterocycles. The van der Waals surface area contributed by atoms with Crippen LogP contribution in [-0.2, 0) is 0 Å². The van der Waals surface area contributed by atoms with Gasteiger partial charge in [-0.3, -0.25) is 9.80 Å². The first kappa shape index (κ1) is 12.3. The van der Waals surface area contributed by atoms with E-state index in [1.54, 1.807) is 0 Å². The molecular formula is C13H27N3. The van der Waals surface area contributed by atoms with E-state index >= 15 is 0 Å². The highest BCUT2D eigenvalue weighted by molar-refractivity contribution is 4.93. The van der Waals surface area contributed by atoms with Gasteiger partial charge in [-0.1, -0.05) is 32.6 Å². The molecule has 3 rings (SSSR count). The van der Waals surface area contributed by atoms with Crippen molar-refractivity contribution in [1.82, 2.24) is 9.80 Å². The Bertz CT molecular complexity index is 199. The molecule has 0 amide bonds. The van der Waals surface area contributed by atoms with Crippen molar-refractivity contribution in [3.63, 3.8) is 0 Å². The van der Waals surface area contributed by atoms with Crippen molar-refractivity contribution in [3.05, 3.63) is 0 Å². The van der Waals surface area contributed by atoms with Crippen LogP contribution in [-0.4, -0.2) is 54.6 Å². The van der Waals surface area contributed by atoms with Crippen LogP contribution in [0, 0.1) is 0 Å². The van der Waals surface area contributed by atoms with Gasteiger partial charge in [-0.2, -0.15) is 0 Å². The van der Waals surface area contributed by atoms with Crippen LogP contribution >= 0.6 is 0 Å². The van der Waals surface area contributed by atoms with Gasteiger partial charge >= 0.3 is 0 Å². The van der Waals surface area contributed by atoms with Crippen LogP contribution in [0.4, 0.5) is 0 Å². The molecule has 2 N–H and O–H groups in total. The molecule has 3 nitrogen and oxygen atoms in total. The van der Waals surface area contributed by atoms with Crippen molar-refractivity contribution in [3.8, 4) is 0 Å². The van der Waals surface area contributed by atoms with Crippen LogP contribution in [0.2, 0.25) is 0 Å². The Morgan fingerprint density at radius 1 is 1.12 bits per heavy atom. The van der Waals surface area contributed by atoms with Gasteiger partial charge in [0.05, 0.1) is 0 Å². The summed E-state index contributed by atoms with van der Waals surface area (Å²) in [5, 5.41) is 0. The summed E-state index contributed by atoms with van der Waals surface area (Å²) in [5.41, 5.74) is 6.35.